The second kappa shape index (κ2) is 7.87. The summed E-state index contributed by atoms with van der Waals surface area (Å²) in [6.45, 7) is 0.502. The molecule has 0 bridgehead atoms. The molecule has 140 valence electrons. The zero-order valence-corrected chi connectivity index (χ0v) is 14.9. The highest BCUT2D eigenvalue weighted by Gasteiger charge is 2.18. The summed E-state index contributed by atoms with van der Waals surface area (Å²) < 4.78 is 14.9. The SMILES string of the molecule is O=C(N[C@H](Cn1cccn1)c1ccccc1)c1cc(-c2ccc(F)cc2)n[nH]1. The number of hydrogen-bond acceptors (Lipinski definition) is 3. The van der Waals surface area contributed by atoms with Gasteiger partial charge in [0, 0.05) is 18.0 Å². The summed E-state index contributed by atoms with van der Waals surface area (Å²) in [5.74, 6) is -0.594. The minimum Gasteiger partial charge on any atom is -0.342 e. The fourth-order valence-electron chi connectivity index (χ4n) is 2.96. The van der Waals surface area contributed by atoms with Gasteiger partial charge in [-0.1, -0.05) is 30.3 Å². The van der Waals surface area contributed by atoms with E-state index in [-0.39, 0.29) is 17.8 Å². The molecule has 0 aliphatic rings. The first-order valence-corrected chi connectivity index (χ1v) is 8.83. The molecule has 2 aromatic carbocycles. The molecule has 28 heavy (non-hydrogen) atoms. The Hall–Kier alpha value is -3.74. The van der Waals surface area contributed by atoms with Crippen molar-refractivity contribution in [1.82, 2.24) is 25.3 Å². The van der Waals surface area contributed by atoms with Crippen LogP contribution in [0.2, 0.25) is 0 Å². The first-order valence-electron chi connectivity index (χ1n) is 8.83. The van der Waals surface area contributed by atoms with Crippen LogP contribution in [-0.2, 0) is 6.54 Å². The van der Waals surface area contributed by atoms with Crippen molar-refractivity contribution in [2.75, 3.05) is 0 Å². The standard InChI is InChI=1S/C21H18FN5O/c22-17-9-7-16(8-10-17)18-13-19(26-25-18)21(28)24-20(14-27-12-4-11-23-27)15-5-2-1-3-6-15/h1-13,20H,14H2,(H,24,28)(H,25,26)/t20-/m1/s1. The average Bonchev–Trinajstić information content (AvgIpc) is 3.41. The minimum absolute atomic E-state index is 0.258. The van der Waals surface area contributed by atoms with Gasteiger partial charge < -0.3 is 5.32 Å². The minimum atomic E-state index is -0.318. The van der Waals surface area contributed by atoms with Crippen molar-refractivity contribution in [3.05, 3.63) is 96.2 Å². The van der Waals surface area contributed by atoms with Gasteiger partial charge >= 0.3 is 0 Å². The van der Waals surface area contributed by atoms with Crippen LogP contribution in [0.4, 0.5) is 4.39 Å². The number of aromatic nitrogens is 4. The van der Waals surface area contributed by atoms with Crippen molar-refractivity contribution in [2.45, 2.75) is 12.6 Å². The van der Waals surface area contributed by atoms with Crippen LogP contribution in [0, 0.1) is 5.82 Å². The van der Waals surface area contributed by atoms with E-state index in [1.807, 2.05) is 42.6 Å². The molecule has 7 heteroatoms. The lowest BCUT2D eigenvalue weighted by molar-refractivity contribution is 0.0926. The maximum atomic E-state index is 13.1. The van der Waals surface area contributed by atoms with Crippen LogP contribution in [0.3, 0.4) is 0 Å². The van der Waals surface area contributed by atoms with E-state index in [0.717, 1.165) is 11.1 Å². The van der Waals surface area contributed by atoms with E-state index in [4.69, 9.17) is 0 Å². The highest BCUT2D eigenvalue weighted by atomic mass is 19.1. The topological polar surface area (TPSA) is 75.6 Å². The smallest absolute Gasteiger partial charge is 0.269 e. The molecule has 2 aromatic heterocycles. The fraction of sp³-hybridized carbons (Fsp3) is 0.0952. The van der Waals surface area contributed by atoms with E-state index in [1.165, 1.54) is 12.1 Å². The largest absolute Gasteiger partial charge is 0.342 e. The molecule has 0 fully saturated rings. The van der Waals surface area contributed by atoms with Crippen LogP contribution in [0.1, 0.15) is 22.1 Å². The van der Waals surface area contributed by atoms with E-state index in [2.05, 4.69) is 20.6 Å². The van der Waals surface area contributed by atoms with Crippen molar-refractivity contribution in [1.29, 1.82) is 0 Å². The number of rotatable bonds is 6. The van der Waals surface area contributed by atoms with Gasteiger partial charge in [-0.25, -0.2) is 4.39 Å². The Morgan fingerprint density at radius 1 is 1.11 bits per heavy atom. The molecule has 0 unspecified atom stereocenters. The van der Waals surface area contributed by atoms with Crippen LogP contribution < -0.4 is 5.32 Å². The molecule has 0 saturated carbocycles. The highest BCUT2D eigenvalue weighted by Crippen LogP contribution is 2.19. The molecule has 0 aliphatic heterocycles. The Morgan fingerprint density at radius 2 is 1.89 bits per heavy atom. The van der Waals surface area contributed by atoms with Gasteiger partial charge in [0.15, 0.2) is 0 Å². The number of carbonyl (C=O) groups excluding carboxylic acids is 1. The van der Waals surface area contributed by atoms with Crippen molar-refractivity contribution in [3.8, 4) is 11.3 Å². The fourth-order valence-corrected chi connectivity index (χ4v) is 2.96. The number of nitrogens with zero attached hydrogens (tertiary/aromatic N) is 3. The highest BCUT2D eigenvalue weighted by molar-refractivity contribution is 5.93. The van der Waals surface area contributed by atoms with Crippen molar-refractivity contribution < 1.29 is 9.18 Å². The Morgan fingerprint density at radius 3 is 2.61 bits per heavy atom. The summed E-state index contributed by atoms with van der Waals surface area (Å²) in [7, 11) is 0. The zero-order valence-electron chi connectivity index (χ0n) is 14.9. The van der Waals surface area contributed by atoms with Crippen LogP contribution >= 0.6 is 0 Å². The second-order valence-corrected chi connectivity index (χ2v) is 6.34. The number of benzene rings is 2. The Labute approximate surface area is 161 Å². The quantitative estimate of drug-likeness (QED) is 0.541. The van der Waals surface area contributed by atoms with Gasteiger partial charge in [0.05, 0.1) is 18.3 Å². The third-order valence-electron chi connectivity index (χ3n) is 4.40. The van der Waals surface area contributed by atoms with E-state index < -0.39 is 0 Å². The summed E-state index contributed by atoms with van der Waals surface area (Å²) >= 11 is 0. The number of carbonyl (C=O) groups is 1. The summed E-state index contributed by atoms with van der Waals surface area (Å²) in [6, 6.07) is 18.9. The molecule has 0 aliphatic carbocycles. The predicted octanol–water partition coefficient (Wildman–Crippen LogP) is 3.58. The molecule has 4 aromatic rings. The van der Waals surface area contributed by atoms with Crippen LogP contribution in [0.15, 0.2) is 79.1 Å². The maximum Gasteiger partial charge on any atom is 0.269 e. The number of halogens is 1. The lowest BCUT2D eigenvalue weighted by Crippen LogP contribution is -2.31. The lowest BCUT2D eigenvalue weighted by Gasteiger charge is -2.19. The molecule has 2 N–H and O–H groups in total. The molecule has 0 saturated heterocycles. The molecule has 0 spiro atoms. The monoisotopic (exact) mass is 375 g/mol. The van der Waals surface area contributed by atoms with Gasteiger partial charge in [0.25, 0.3) is 5.91 Å². The number of amides is 1. The molecule has 2 heterocycles. The lowest BCUT2D eigenvalue weighted by atomic mass is 10.1. The van der Waals surface area contributed by atoms with Gasteiger partial charge in [-0.15, -0.1) is 0 Å². The van der Waals surface area contributed by atoms with E-state index in [0.29, 0.717) is 17.9 Å². The third kappa shape index (κ3) is 3.98. The van der Waals surface area contributed by atoms with E-state index in [9.17, 15) is 9.18 Å². The van der Waals surface area contributed by atoms with Gasteiger partial charge in [0.2, 0.25) is 0 Å². The Bertz CT molecular complexity index is 1040. The number of H-pyrrole nitrogens is 1. The second-order valence-electron chi connectivity index (χ2n) is 6.34. The molecule has 0 radical (unpaired) electrons. The van der Waals surface area contributed by atoms with Gasteiger partial charge in [-0.3, -0.25) is 14.6 Å². The van der Waals surface area contributed by atoms with Crippen LogP contribution in [-0.4, -0.2) is 25.9 Å². The molecular weight excluding hydrogens is 357 g/mol. The Kier molecular flexibility index (Phi) is 4.97. The molecule has 1 atom stereocenters. The predicted molar refractivity (Wildman–Crippen MR) is 103 cm³/mol. The molecule has 6 nitrogen and oxygen atoms in total. The van der Waals surface area contributed by atoms with Crippen molar-refractivity contribution >= 4 is 5.91 Å². The zero-order chi connectivity index (χ0) is 19.3. The number of hydrogen-bond donors (Lipinski definition) is 2. The third-order valence-corrected chi connectivity index (χ3v) is 4.40. The Balaban J connectivity index is 1.53. The molecule has 1 amide bonds. The summed E-state index contributed by atoms with van der Waals surface area (Å²) in [4.78, 5) is 12.8. The van der Waals surface area contributed by atoms with Crippen molar-refractivity contribution in [2.24, 2.45) is 0 Å². The van der Waals surface area contributed by atoms with Gasteiger partial charge in [-0.05, 0) is 42.0 Å². The first-order chi connectivity index (χ1) is 13.7. The summed E-state index contributed by atoms with van der Waals surface area (Å²) in [6.07, 6.45) is 3.55. The van der Waals surface area contributed by atoms with Gasteiger partial charge in [0.1, 0.15) is 11.5 Å². The van der Waals surface area contributed by atoms with Crippen LogP contribution in [0.25, 0.3) is 11.3 Å². The molecular formula is C21H18FN5O. The molecule has 4 rings (SSSR count). The van der Waals surface area contributed by atoms with Crippen LogP contribution in [0.5, 0.6) is 0 Å². The normalized spacial score (nSPS) is 11.9. The summed E-state index contributed by atoms with van der Waals surface area (Å²) in [5.41, 5.74) is 2.62. The maximum absolute atomic E-state index is 13.1. The summed E-state index contributed by atoms with van der Waals surface area (Å²) in [5, 5.41) is 14.2. The average molecular weight is 375 g/mol. The number of aromatic amines is 1. The van der Waals surface area contributed by atoms with Crippen molar-refractivity contribution in [3.63, 3.8) is 0 Å². The van der Waals surface area contributed by atoms with E-state index >= 15 is 0 Å². The van der Waals surface area contributed by atoms with E-state index in [1.54, 1.807) is 29.1 Å². The van der Waals surface area contributed by atoms with Gasteiger partial charge in [-0.2, -0.15) is 10.2 Å². The first kappa shape index (κ1) is 17.7. The number of nitrogens with one attached hydrogen (secondary N) is 2.